The molecule has 0 bridgehead atoms. The van der Waals surface area contributed by atoms with E-state index in [1.165, 1.54) is 18.5 Å². The van der Waals surface area contributed by atoms with Crippen molar-refractivity contribution in [2.45, 2.75) is 6.54 Å². The maximum Gasteiger partial charge on any atom is 0.158 e. The van der Waals surface area contributed by atoms with Crippen LogP contribution in [0.1, 0.15) is 5.56 Å². The number of benzene rings is 1. The molecule has 3 rings (SSSR count). The molecule has 0 aliphatic heterocycles. The van der Waals surface area contributed by atoms with Crippen LogP contribution in [0.2, 0.25) is 5.02 Å². The average Bonchev–Trinajstić information content (AvgIpc) is 3.03. The molecule has 0 aliphatic rings. The summed E-state index contributed by atoms with van der Waals surface area (Å²) in [5.41, 5.74) is 2.51. The summed E-state index contributed by atoms with van der Waals surface area (Å²) in [6.45, 7) is 2.13. The van der Waals surface area contributed by atoms with E-state index in [1.54, 1.807) is 10.6 Å². The minimum atomic E-state index is -0.466. The first-order valence-electron chi connectivity index (χ1n) is 8.00. The lowest BCUT2D eigenvalue weighted by Gasteiger charge is -2.20. The van der Waals surface area contributed by atoms with Gasteiger partial charge in [-0.15, -0.1) is 23.2 Å². The van der Waals surface area contributed by atoms with Crippen molar-refractivity contribution in [3.05, 3.63) is 53.2 Å². The molecule has 0 saturated heterocycles. The van der Waals surface area contributed by atoms with E-state index < -0.39 is 5.82 Å². The van der Waals surface area contributed by atoms with E-state index in [2.05, 4.69) is 20.3 Å². The second-order valence-corrected chi connectivity index (χ2v) is 6.81. The van der Waals surface area contributed by atoms with Gasteiger partial charge in [-0.1, -0.05) is 11.6 Å². The van der Waals surface area contributed by atoms with Crippen molar-refractivity contribution < 1.29 is 4.39 Å². The van der Waals surface area contributed by atoms with Crippen LogP contribution in [-0.2, 0) is 6.54 Å². The molecule has 138 valence electrons. The lowest BCUT2D eigenvalue weighted by Crippen LogP contribution is -2.27. The molecule has 0 aliphatic carbocycles. The number of hydrogen-bond acceptors (Lipinski definition) is 4. The number of rotatable bonds is 8. The lowest BCUT2D eigenvalue weighted by atomic mass is 10.2. The zero-order chi connectivity index (χ0) is 18.5. The number of halogens is 4. The number of aromatic nitrogens is 3. The number of nitrogens with one attached hydrogen (secondary N) is 1. The SMILES string of the molecule is Fc1ccc(Nc2ncnn3ccc(CN(CCCl)CCCl)c23)cc1Cl. The van der Waals surface area contributed by atoms with Gasteiger partial charge < -0.3 is 5.32 Å². The third-order valence-corrected chi connectivity index (χ3v) is 4.54. The van der Waals surface area contributed by atoms with Crippen molar-refractivity contribution >= 4 is 51.8 Å². The first-order chi connectivity index (χ1) is 12.6. The Bertz CT molecular complexity index is 880. The summed E-state index contributed by atoms with van der Waals surface area (Å²) >= 11 is 17.6. The van der Waals surface area contributed by atoms with Crippen LogP contribution in [0.4, 0.5) is 15.9 Å². The summed E-state index contributed by atoms with van der Waals surface area (Å²) < 4.78 is 15.1. The number of anilines is 2. The lowest BCUT2D eigenvalue weighted by molar-refractivity contribution is 0.300. The standard InChI is InChI=1S/C17H17Cl3FN5/c18-4-7-25(8-5-19)10-12-3-6-26-16(12)17(22-11-23-26)24-13-1-2-15(21)14(20)9-13/h1-3,6,9,11H,4-5,7-8,10H2,(H,22,23,24). The molecule has 0 unspecified atom stereocenters. The Balaban J connectivity index is 1.93. The van der Waals surface area contributed by atoms with Crippen LogP contribution >= 0.6 is 34.8 Å². The van der Waals surface area contributed by atoms with Crippen molar-refractivity contribution in [2.24, 2.45) is 0 Å². The molecule has 1 aromatic carbocycles. The van der Waals surface area contributed by atoms with Gasteiger partial charge in [0.1, 0.15) is 17.7 Å². The summed E-state index contributed by atoms with van der Waals surface area (Å²) in [7, 11) is 0. The molecule has 0 spiro atoms. The van der Waals surface area contributed by atoms with Crippen molar-refractivity contribution in [3.8, 4) is 0 Å². The monoisotopic (exact) mass is 415 g/mol. The van der Waals surface area contributed by atoms with E-state index in [1.807, 2.05) is 12.3 Å². The fraction of sp³-hybridized carbons (Fsp3) is 0.294. The molecule has 3 aromatic rings. The normalized spacial score (nSPS) is 11.4. The molecule has 0 fully saturated rings. The first kappa shape index (κ1) is 19.2. The molecule has 9 heteroatoms. The second kappa shape index (κ2) is 8.86. The molecule has 2 aromatic heterocycles. The summed E-state index contributed by atoms with van der Waals surface area (Å²) in [4.78, 5) is 6.50. The number of nitrogens with zero attached hydrogens (tertiary/aromatic N) is 4. The van der Waals surface area contributed by atoms with Crippen LogP contribution in [0.15, 0.2) is 36.8 Å². The molecule has 1 N–H and O–H groups in total. The average molecular weight is 417 g/mol. The third-order valence-electron chi connectivity index (χ3n) is 3.92. The summed E-state index contributed by atoms with van der Waals surface area (Å²) in [5, 5.41) is 7.48. The van der Waals surface area contributed by atoms with Crippen molar-refractivity contribution in [3.63, 3.8) is 0 Å². The smallest absolute Gasteiger partial charge is 0.158 e. The van der Waals surface area contributed by atoms with Gasteiger partial charge in [-0.2, -0.15) is 5.10 Å². The Labute approximate surface area is 165 Å². The topological polar surface area (TPSA) is 45.5 Å². The molecule has 2 heterocycles. The van der Waals surface area contributed by atoms with Gasteiger partial charge in [0, 0.05) is 43.3 Å². The Morgan fingerprint density at radius 3 is 2.62 bits per heavy atom. The van der Waals surface area contributed by atoms with E-state index in [-0.39, 0.29) is 5.02 Å². The zero-order valence-corrected chi connectivity index (χ0v) is 16.1. The highest BCUT2D eigenvalue weighted by atomic mass is 35.5. The van der Waals surface area contributed by atoms with E-state index >= 15 is 0 Å². The molecular weight excluding hydrogens is 400 g/mol. The van der Waals surface area contributed by atoms with Gasteiger partial charge >= 0.3 is 0 Å². The number of fused-ring (bicyclic) bond motifs is 1. The van der Waals surface area contributed by atoms with Crippen LogP contribution in [0.3, 0.4) is 0 Å². The van der Waals surface area contributed by atoms with E-state index in [4.69, 9.17) is 34.8 Å². The first-order valence-corrected chi connectivity index (χ1v) is 9.44. The molecule has 0 amide bonds. The summed E-state index contributed by atoms with van der Waals surface area (Å²) in [6, 6.07) is 6.42. The van der Waals surface area contributed by atoms with Gasteiger partial charge in [0.15, 0.2) is 5.82 Å². The molecule has 26 heavy (non-hydrogen) atoms. The summed E-state index contributed by atoms with van der Waals surface area (Å²) in [5.74, 6) is 1.20. The van der Waals surface area contributed by atoms with Crippen LogP contribution in [0.25, 0.3) is 5.52 Å². The number of hydrogen-bond donors (Lipinski definition) is 1. The Morgan fingerprint density at radius 1 is 1.15 bits per heavy atom. The quantitative estimate of drug-likeness (QED) is 0.547. The molecule has 0 radical (unpaired) electrons. The highest BCUT2D eigenvalue weighted by Gasteiger charge is 2.14. The molecule has 5 nitrogen and oxygen atoms in total. The van der Waals surface area contributed by atoms with Gasteiger partial charge in [-0.3, -0.25) is 4.90 Å². The third kappa shape index (κ3) is 4.38. The van der Waals surface area contributed by atoms with Crippen molar-refractivity contribution in [1.82, 2.24) is 19.5 Å². The maximum atomic E-state index is 13.4. The number of alkyl halides is 2. The minimum absolute atomic E-state index is 0.0473. The minimum Gasteiger partial charge on any atom is -0.338 e. The van der Waals surface area contributed by atoms with Crippen LogP contribution in [0, 0.1) is 5.82 Å². The Morgan fingerprint density at radius 2 is 1.92 bits per heavy atom. The van der Waals surface area contributed by atoms with E-state index in [0.29, 0.717) is 29.8 Å². The summed E-state index contributed by atoms with van der Waals surface area (Å²) in [6.07, 6.45) is 3.33. The molecule has 0 saturated carbocycles. The largest absolute Gasteiger partial charge is 0.338 e. The van der Waals surface area contributed by atoms with Gasteiger partial charge in [-0.25, -0.2) is 13.9 Å². The fourth-order valence-electron chi connectivity index (χ4n) is 2.70. The van der Waals surface area contributed by atoms with Gasteiger partial charge in [0.2, 0.25) is 0 Å². The van der Waals surface area contributed by atoms with Crippen molar-refractivity contribution in [2.75, 3.05) is 30.2 Å². The fourth-order valence-corrected chi connectivity index (χ4v) is 3.36. The zero-order valence-electron chi connectivity index (χ0n) is 13.8. The van der Waals surface area contributed by atoms with E-state index in [9.17, 15) is 4.39 Å². The highest BCUT2D eigenvalue weighted by Crippen LogP contribution is 2.26. The van der Waals surface area contributed by atoms with E-state index in [0.717, 1.165) is 24.2 Å². The second-order valence-electron chi connectivity index (χ2n) is 5.65. The molecule has 0 atom stereocenters. The predicted molar refractivity (Wildman–Crippen MR) is 104 cm³/mol. The predicted octanol–water partition coefficient (Wildman–Crippen LogP) is 4.55. The van der Waals surface area contributed by atoms with Crippen LogP contribution in [-0.4, -0.2) is 44.3 Å². The Kier molecular flexibility index (Phi) is 6.53. The van der Waals surface area contributed by atoms with Crippen LogP contribution < -0.4 is 5.32 Å². The maximum absolute atomic E-state index is 13.4. The Hall–Kier alpha value is -1.60. The van der Waals surface area contributed by atoms with Gasteiger partial charge in [0.05, 0.1) is 5.02 Å². The van der Waals surface area contributed by atoms with Crippen molar-refractivity contribution in [1.29, 1.82) is 0 Å². The van der Waals surface area contributed by atoms with Crippen LogP contribution in [0.5, 0.6) is 0 Å². The highest BCUT2D eigenvalue weighted by molar-refractivity contribution is 6.31. The van der Waals surface area contributed by atoms with Gasteiger partial charge in [0.25, 0.3) is 0 Å². The molecular formula is C17H17Cl3FN5. The van der Waals surface area contributed by atoms with Gasteiger partial charge in [-0.05, 0) is 29.8 Å².